The smallest absolute Gasteiger partial charge is 0.0713 e. The molecule has 1 aliphatic rings. The summed E-state index contributed by atoms with van der Waals surface area (Å²) in [6.07, 6.45) is 4.18. The minimum atomic E-state index is -0.712. The molecule has 1 aliphatic carbocycles. The second-order valence-electron chi connectivity index (χ2n) is 5.09. The number of halogens is 2. The fraction of sp³-hybridized carbons (Fsp3) is 0.571. The van der Waals surface area contributed by atoms with E-state index in [2.05, 4.69) is 0 Å². The van der Waals surface area contributed by atoms with Gasteiger partial charge in [-0.05, 0) is 37.0 Å². The molecule has 1 N–H and O–H groups in total. The Bertz CT molecular complexity index is 422. The monoisotopic (exact) mass is 288 g/mol. The summed E-state index contributed by atoms with van der Waals surface area (Å²) in [6, 6.07) is 5.42. The Morgan fingerprint density at radius 3 is 2.89 bits per heavy atom. The number of methoxy groups -OCH3 is 1. The molecule has 100 valence electrons. The number of hydrogen-bond donors (Lipinski definition) is 1. The first-order chi connectivity index (χ1) is 8.52. The predicted molar refractivity (Wildman–Crippen MR) is 74.4 cm³/mol. The molecular formula is C14H18Cl2O2. The van der Waals surface area contributed by atoms with E-state index in [1.165, 1.54) is 0 Å². The highest BCUT2D eigenvalue weighted by molar-refractivity contribution is 6.35. The van der Waals surface area contributed by atoms with Crippen LogP contribution < -0.4 is 0 Å². The third-order valence-electron chi connectivity index (χ3n) is 3.64. The molecule has 1 saturated carbocycles. The standard InChI is InChI=1S/C14H18Cl2O2/c1-18-12-3-2-6-14(17,9-12)8-10-4-5-11(15)7-13(10)16/h4-5,7,12,17H,2-3,6,8-9H2,1H3. The van der Waals surface area contributed by atoms with E-state index in [-0.39, 0.29) is 6.10 Å². The first-order valence-electron chi connectivity index (χ1n) is 6.21. The van der Waals surface area contributed by atoms with Crippen molar-refractivity contribution in [3.8, 4) is 0 Å². The van der Waals surface area contributed by atoms with Crippen LogP contribution in [0.25, 0.3) is 0 Å². The molecule has 0 amide bonds. The van der Waals surface area contributed by atoms with E-state index in [1.807, 2.05) is 12.1 Å². The van der Waals surface area contributed by atoms with Crippen molar-refractivity contribution >= 4 is 23.2 Å². The fourth-order valence-corrected chi connectivity index (χ4v) is 3.14. The Morgan fingerprint density at radius 1 is 1.44 bits per heavy atom. The van der Waals surface area contributed by atoms with Crippen LogP contribution in [0, 0.1) is 0 Å². The van der Waals surface area contributed by atoms with E-state index >= 15 is 0 Å². The Morgan fingerprint density at radius 2 is 2.22 bits per heavy atom. The zero-order valence-corrected chi connectivity index (χ0v) is 12.0. The van der Waals surface area contributed by atoms with Gasteiger partial charge in [-0.1, -0.05) is 29.3 Å². The molecule has 1 aromatic carbocycles. The number of aliphatic hydroxyl groups is 1. The van der Waals surface area contributed by atoms with Crippen LogP contribution in [-0.4, -0.2) is 23.9 Å². The lowest BCUT2D eigenvalue weighted by Crippen LogP contribution is -2.40. The maximum absolute atomic E-state index is 10.6. The van der Waals surface area contributed by atoms with Crippen LogP contribution in [0.4, 0.5) is 0 Å². The van der Waals surface area contributed by atoms with E-state index in [4.69, 9.17) is 27.9 Å². The van der Waals surface area contributed by atoms with E-state index in [0.717, 1.165) is 24.8 Å². The van der Waals surface area contributed by atoms with Crippen molar-refractivity contribution in [1.82, 2.24) is 0 Å². The third-order valence-corrected chi connectivity index (χ3v) is 4.23. The summed E-state index contributed by atoms with van der Waals surface area (Å²) in [5.41, 5.74) is 0.233. The largest absolute Gasteiger partial charge is 0.389 e. The van der Waals surface area contributed by atoms with Gasteiger partial charge in [0.1, 0.15) is 0 Å². The van der Waals surface area contributed by atoms with Crippen molar-refractivity contribution in [2.75, 3.05) is 7.11 Å². The van der Waals surface area contributed by atoms with Gasteiger partial charge in [-0.2, -0.15) is 0 Å². The molecule has 0 heterocycles. The average Bonchev–Trinajstić information content (AvgIpc) is 2.33. The highest BCUT2D eigenvalue weighted by atomic mass is 35.5. The highest BCUT2D eigenvalue weighted by Crippen LogP contribution is 2.34. The lowest BCUT2D eigenvalue weighted by Gasteiger charge is -2.36. The van der Waals surface area contributed by atoms with Crippen LogP contribution in [0.15, 0.2) is 18.2 Å². The van der Waals surface area contributed by atoms with Crippen molar-refractivity contribution in [3.63, 3.8) is 0 Å². The van der Waals surface area contributed by atoms with Crippen molar-refractivity contribution in [1.29, 1.82) is 0 Å². The molecule has 2 rings (SSSR count). The topological polar surface area (TPSA) is 29.5 Å². The molecule has 0 radical (unpaired) electrons. The van der Waals surface area contributed by atoms with Crippen LogP contribution in [0.2, 0.25) is 10.0 Å². The van der Waals surface area contributed by atoms with Gasteiger partial charge in [0.2, 0.25) is 0 Å². The third kappa shape index (κ3) is 3.39. The Labute approximate surface area is 118 Å². The minimum absolute atomic E-state index is 0.148. The zero-order chi connectivity index (χ0) is 13.2. The van der Waals surface area contributed by atoms with Crippen molar-refractivity contribution in [2.24, 2.45) is 0 Å². The second-order valence-corrected chi connectivity index (χ2v) is 5.93. The first-order valence-corrected chi connectivity index (χ1v) is 6.97. The maximum atomic E-state index is 10.6. The Balaban J connectivity index is 2.11. The van der Waals surface area contributed by atoms with Gasteiger partial charge >= 0.3 is 0 Å². The van der Waals surface area contributed by atoms with Crippen LogP contribution in [-0.2, 0) is 11.2 Å². The number of hydrogen-bond acceptors (Lipinski definition) is 2. The summed E-state index contributed by atoms with van der Waals surface area (Å²) < 4.78 is 5.36. The molecule has 0 saturated heterocycles. The van der Waals surface area contributed by atoms with Crippen molar-refractivity contribution in [2.45, 2.75) is 43.8 Å². The quantitative estimate of drug-likeness (QED) is 0.915. The molecule has 0 bridgehead atoms. The van der Waals surface area contributed by atoms with Crippen molar-refractivity contribution in [3.05, 3.63) is 33.8 Å². The van der Waals surface area contributed by atoms with Gasteiger partial charge in [-0.25, -0.2) is 0 Å². The number of rotatable bonds is 3. The molecule has 0 aliphatic heterocycles. The summed E-state index contributed by atoms with van der Waals surface area (Å²) in [7, 11) is 1.70. The van der Waals surface area contributed by atoms with Gasteiger partial charge in [0, 0.05) is 30.0 Å². The van der Waals surface area contributed by atoms with E-state index in [1.54, 1.807) is 13.2 Å². The van der Waals surface area contributed by atoms with Gasteiger partial charge < -0.3 is 9.84 Å². The van der Waals surface area contributed by atoms with Gasteiger partial charge in [-0.3, -0.25) is 0 Å². The Kier molecular flexibility index (Phi) is 4.54. The van der Waals surface area contributed by atoms with Gasteiger partial charge in [0.25, 0.3) is 0 Å². The average molecular weight is 289 g/mol. The number of benzene rings is 1. The van der Waals surface area contributed by atoms with E-state index < -0.39 is 5.60 Å². The van der Waals surface area contributed by atoms with E-state index in [0.29, 0.717) is 22.9 Å². The van der Waals surface area contributed by atoms with Crippen LogP contribution in [0.3, 0.4) is 0 Å². The maximum Gasteiger partial charge on any atom is 0.0713 e. The first kappa shape index (κ1) is 14.1. The summed E-state index contributed by atoms with van der Waals surface area (Å²) >= 11 is 12.0. The van der Waals surface area contributed by atoms with Gasteiger partial charge in [0.05, 0.1) is 11.7 Å². The van der Waals surface area contributed by atoms with Crippen LogP contribution >= 0.6 is 23.2 Å². The lowest BCUT2D eigenvalue weighted by molar-refractivity contribution is -0.0581. The number of ether oxygens (including phenoxy) is 1. The molecule has 1 fully saturated rings. The highest BCUT2D eigenvalue weighted by Gasteiger charge is 2.34. The molecule has 0 aromatic heterocycles. The molecule has 0 spiro atoms. The van der Waals surface area contributed by atoms with Crippen molar-refractivity contribution < 1.29 is 9.84 Å². The SMILES string of the molecule is COC1CCCC(O)(Cc2ccc(Cl)cc2Cl)C1. The van der Waals surface area contributed by atoms with Crippen LogP contribution in [0.1, 0.15) is 31.2 Å². The molecule has 2 unspecified atom stereocenters. The molecule has 2 nitrogen and oxygen atoms in total. The van der Waals surface area contributed by atoms with Gasteiger partial charge in [0.15, 0.2) is 0 Å². The summed E-state index contributed by atoms with van der Waals surface area (Å²) in [4.78, 5) is 0. The predicted octanol–water partition coefficient (Wildman–Crippen LogP) is 3.86. The summed E-state index contributed by atoms with van der Waals surface area (Å²) in [5, 5.41) is 11.9. The van der Waals surface area contributed by atoms with E-state index in [9.17, 15) is 5.11 Å². The molecule has 4 heteroatoms. The minimum Gasteiger partial charge on any atom is -0.389 e. The normalized spacial score (nSPS) is 28.3. The summed E-state index contributed by atoms with van der Waals surface area (Å²) in [6.45, 7) is 0. The zero-order valence-electron chi connectivity index (χ0n) is 10.5. The molecule has 1 aromatic rings. The Hall–Kier alpha value is -0.280. The van der Waals surface area contributed by atoms with Gasteiger partial charge in [-0.15, -0.1) is 0 Å². The summed E-state index contributed by atoms with van der Waals surface area (Å²) in [5.74, 6) is 0. The molecule has 2 atom stereocenters. The molecular weight excluding hydrogens is 271 g/mol. The second kappa shape index (κ2) is 5.79. The molecule has 18 heavy (non-hydrogen) atoms. The fourth-order valence-electron chi connectivity index (χ4n) is 2.67. The lowest BCUT2D eigenvalue weighted by atomic mass is 9.79. The van der Waals surface area contributed by atoms with Crippen LogP contribution in [0.5, 0.6) is 0 Å².